The molecule has 2 atom stereocenters. The maximum atomic E-state index is 12.5. The molecule has 0 aromatic rings. The molecule has 0 saturated carbocycles. The van der Waals surface area contributed by atoms with E-state index in [1.54, 1.807) is 0 Å². The van der Waals surface area contributed by atoms with Crippen LogP contribution in [-0.2, 0) is 14.3 Å². The third kappa shape index (κ3) is 67.2. The van der Waals surface area contributed by atoms with Crippen molar-refractivity contribution in [3.05, 3.63) is 36.5 Å². The fraction of sp³-hybridized carbons (Fsp3) is 0.895. The van der Waals surface area contributed by atoms with Gasteiger partial charge < -0.3 is 20.3 Å². The van der Waals surface area contributed by atoms with Gasteiger partial charge in [-0.3, -0.25) is 9.59 Å². The molecule has 0 rings (SSSR count). The van der Waals surface area contributed by atoms with Gasteiger partial charge in [0.05, 0.1) is 25.4 Å². The van der Waals surface area contributed by atoms with Gasteiger partial charge in [-0.2, -0.15) is 0 Å². The van der Waals surface area contributed by atoms with Crippen LogP contribution in [0.1, 0.15) is 412 Å². The van der Waals surface area contributed by atoms with Crippen molar-refractivity contribution < 1.29 is 24.5 Å². The van der Waals surface area contributed by atoms with Crippen LogP contribution in [0.2, 0.25) is 0 Å². The van der Waals surface area contributed by atoms with Gasteiger partial charge >= 0.3 is 5.97 Å². The van der Waals surface area contributed by atoms with E-state index in [0.717, 1.165) is 51.4 Å². The van der Waals surface area contributed by atoms with Crippen molar-refractivity contribution in [1.29, 1.82) is 0 Å². The average Bonchev–Trinajstić information content (AvgIpc) is 3.48. The molecule has 484 valence electrons. The van der Waals surface area contributed by atoms with Crippen LogP contribution in [0.5, 0.6) is 0 Å². The van der Waals surface area contributed by atoms with Gasteiger partial charge in [0.15, 0.2) is 0 Å². The van der Waals surface area contributed by atoms with Gasteiger partial charge in [0.2, 0.25) is 5.91 Å². The van der Waals surface area contributed by atoms with Gasteiger partial charge in [-0.1, -0.05) is 352 Å². The summed E-state index contributed by atoms with van der Waals surface area (Å²) in [6.07, 6.45) is 92.4. The molecule has 0 radical (unpaired) electrons. The maximum absolute atomic E-state index is 12.5. The molecule has 0 fully saturated rings. The Morgan fingerprint density at radius 1 is 0.341 bits per heavy atom. The number of aliphatic hydroxyl groups is 2. The van der Waals surface area contributed by atoms with Crippen LogP contribution in [-0.4, -0.2) is 47.4 Å². The number of aliphatic hydroxyl groups excluding tert-OH is 2. The molecule has 0 saturated heterocycles. The minimum absolute atomic E-state index is 0.00871. The number of carbonyl (C=O) groups is 2. The summed E-state index contributed by atoms with van der Waals surface area (Å²) in [5.41, 5.74) is 0. The minimum atomic E-state index is -0.659. The number of ether oxygens (including phenoxy) is 1. The number of allylic oxidation sites excluding steroid dienone is 6. The van der Waals surface area contributed by atoms with Gasteiger partial charge in [0, 0.05) is 12.8 Å². The summed E-state index contributed by atoms with van der Waals surface area (Å²) in [5.74, 6) is -0.0210. The number of amides is 1. The SMILES string of the molecule is CCCCC/C=C\C/C=C\CCCCCCCC(=O)OCCCCCCCCCCCCCCCCCCCC/C=C\CCCCCCCCCCCCCCCCCCCC(=O)NC(CO)C(O)CCCCCCCCCCCCC. The van der Waals surface area contributed by atoms with E-state index in [1.807, 2.05) is 0 Å². The molecule has 0 bridgehead atoms. The molecule has 2 unspecified atom stereocenters. The number of hydrogen-bond donors (Lipinski definition) is 3. The first-order valence-electron chi connectivity index (χ1n) is 37.2. The molecule has 0 aliphatic heterocycles. The lowest BCUT2D eigenvalue weighted by atomic mass is 10.0. The number of nitrogens with one attached hydrogen (secondary N) is 1. The van der Waals surface area contributed by atoms with Crippen molar-refractivity contribution in [1.82, 2.24) is 5.32 Å². The van der Waals surface area contributed by atoms with E-state index < -0.39 is 12.1 Å². The maximum Gasteiger partial charge on any atom is 0.305 e. The molecule has 0 aliphatic rings. The summed E-state index contributed by atoms with van der Waals surface area (Å²) in [4.78, 5) is 24.5. The first kappa shape index (κ1) is 80.1. The number of rotatable bonds is 70. The second kappa shape index (κ2) is 71.6. The summed E-state index contributed by atoms with van der Waals surface area (Å²) < 4.78 is 5.49. The van der Waals surface area contributed by atoms with Crippen LogP contribution in [0.15, 0.2) is 36.5 Å². The molecular formula is C76H145NO5. The predicted molar refractivity (Wildman–Crippen MR) is 361 cm³/mol. The van der Waals surface area contributed by atoms with Crippen LogP contribution >= 0.6 is 0 Å². The molecule has 0 heterocycles. The van der Waals surface area contributed by atoms with E-state index in [-0.39, 0.29) is 18.5 Å². The monoisotopic (exact) mass is 1150 g/mol. The topological polar surface area (TPSA) is 95.9 Å². The van der Waals surface area contributed by atoms with Crippen LogP contribution in [0, 0.1) is 0 Å². The Labute approximate surface area is 513 Å². The molecule has 6 nitrogen and oxygen atoms in total. The van der Waals surface area contributed by atoms with Gasteiger partial charge in [0.25, 0.3) is 0 Å². The second-order valence-electron chi connectivity index (χ2n) is 25.6. The number of esters is 1. The molecule has 82 heavy (non-hydrogen) atoms. The quantitative estimate of drug-likeness (QED) is 0.0320. The second-order valence-corrected chi connectivity index (χ2v) is 25.6. The van der Waals surface area contributed by atoms with Crippen molar-refractivity contribution >= 4 is 11.9 Å². The summed E-state index contributed by atoms with van der Waals surface area (Å²) in [6.45, 7) is 4.94. The standard InChI is InChI=1S/C76H145NO5/c1-3-5-7-9-11-13-15-16-42-46-50-54-58-62-66-70-76(81)82-71-67-63-59-55-51-47-44-41-39-37-35-33-31-29-27-25-23-21-19-17-18-20-22-24-26-28-30-32-34-36-38-40-43-45-49-53-57-61-65-69-75(80)77-73(72-78)74(79)68-64-60-56-52-48-14-12-10-8-6-4-2/h11,13,16-18,42,73-74,78-79H,3-10,12,14-15,19-41,43-72H2,1-2H3,(H,77,80)/b13-11-,18-17-,42-16-. The van der Waals surface area contributed by atoms with Gasteiger partial charge in [-0.05, 0) is 83.5 Å². The van der Waals surface area contributed by atoms with Crippen molar-refractivity contribution in [2.75, 3.05) is 13.2 Å². The highest BCUT2D eigenvalue weighted by molar-refractivity contribution is 5.76. The number of hydrogen-bond acceptors (Lipinski definition) is 5. The summed E-state index contributed by atoms with van der Waals surface area (Å²) in [6, 6.07) is -0.536. The van der Waals surface area contributed by atoms with Crippen molar-refractivity contribution in [2.45, 2.75) is 424 Å². The lowest BCUT2D eigenvalue weighted by Gasteiger charge is -2.22. The third-order valence-corrected chi connectivity index (χ3v) is 17.4. The van der Waals surface area contributed by atoms with Crippen LogP contribution in [0.4, 0.5) is 0 Å². The molecule has 3 N–H and O–H groups in total. The molecule has 6 heteroatoms. The van der Waals surface area contributed by atoms with Crippen molar-refractivity contribution in [3.8, 4) is 0 Å². The summed E-state index contributed by atoms with van der Waals surface area (Å²) in [7, 11) is 0. The van der Waals surface area contributed by atoms with E-state index in [9.17, 15) is 19.8 Å². The van der Waals surface area contributed by atoms with E-state index in [1.165, 1.54) is 327 Å². The number of carbonyl (C=O) groups excluding carboxylic acids is 2. The molecule has 1 amide bonds. The Kier molecular flexibility index (Phi) is 69.9. The predicted octanol–water partition coefficient (Wildman–Crippen LogP) is 24.3. The Balaban J connectivity index is 3.30. The van der Waals surface area contributed by atoms with Crippen LogP contribution in [0.3, 0.4) is 0 Å². The van der Waals surface area contributed by atoms with E-state index in [2.05, 4.69) is 55.6 Å². The Morgan fingerprint density at radius 2 is 0.610 bits per heavy atom. The smallest absolute Gasteiger partial charge is 0.305 e. The van der Waals surface area contributed by atoms with Crippen molar-refractivity contribution in [2.24, 2.45) is 0 Å². The lowest BCUT2D eigenvalue weighted by molar-refractivity contribution is -0.143. The average molecular weight is 1150 g/mol. The largest absolute Gasteiger partial charge is 0.466 e. The molecular weight excluding hydrogens is 1010 g/mol. The summed E-state index contributed by atoms with van der Waals surface area (Å²) >= 11 is 0. The van der Waals surface area contributed by atoms with Gasteiger partial charge in [-0.15, -0.1) is 0 Å². The highest BCUT2D eigenvalue weighted by Crippen LogP contribution is 2.19. The summed E-state index contributed by atoms with van der Waals surface area (Å²) in [5, 5.41) is 23.2. The van der Waals surface area contributed by atoms with E-state index in [4.69, 9.17) is 4.74 Å². The molecule has 0 spiro atoms. The fourth-order valence-corrected chi connectivity index (χ4v) is 11.7. The van der Waals surface area contributed by atoms with E-state index in [0.29, 0.717) is 25.9 Å². The number of unbranched alkanes of at least 4 members (excludes halogenated alkanes) is 53. The zero-order valence-corrected chi connectivity index (χ0v) is 55.5. The zero-order valence-electron chi connectivity index (χ0n) is 55.5. The van der Waals surface area contributed by atoms with Gasteiger partial charge in [0.1, 0.15) is 0 Å². The Hall–Kier alpha value is -1.92. The Morgan fingerprint density at radius 3 is 0.963 bits per heavy atom. The first-order valence-corrected chi connectivity index (χ1v) is 37.2. The van der Waals surface area contributed by atoms with Crippen molar-refractivity contribution in [3.63, 3.8) is 0 Å². The van der Waals surface area contributed by atoms with E-state index >= 15 is 0 Å². The lowest BCUT2D eigenvalue weighted by Crippen LogP contribution is -2.45. The molecule has 0 aromatic heterocycles. The Bertz CT molecular complexity index is 1330. The fourth-order valence-electron chi connectivity index (χ4n) is 11.7. The van der Waals surface area contributed by atoms with Crippen LogP contribution in [0.25, 0.3) is 0 Å². The molecule has 0 aliphatic carbocycles. The normalized spacial score (nSPS) is 12.7. The minimum Gasteiger partial charge on any atom is -0.466 e. The third-order valence-electron chi connectivity index (χ3n) is 17.4. The zero-order chi connectivity index (χ0) is 59.2. The molecule has 0 aromatic carbocycles. The highest BCUT2D eigenvalue weighted by atomic mass is 16.5. The van der Waals surface area contributed by atoms with Crippen LogP contribution < -0.4 is 5.32 Å². The van der Waals surface area contributed by atoms with Gasteiger partial charge in [-0.25, -0.2) is 0 Å². The first-order chi connectivity index (χ1) is 40.5. The highest BCUT2D eigenvalue weighted by Gasteiger charge is 2.20.